The summed E-state index contributed by atoms with van der Waals surface area (Å²) < 4.78 is 4.55. The largest absolute Gasteiger partial charge is 0.439 e. The van der Waals surface area contributed by atoms with Crippen molar-refractivity contribution in [2.75, 3.05) is 0 Å². The third kappa shape index (κ3) is 0.980. The Morgan fingerprint density at radius 3 is 3.27 bits per heavy atom. The van der Waals surface area contributed by atoms with Gasteiger partial charge in [-0.15, -0.1) is 0 Å². The van der Waals surface area contributed by atoms with E-state index in [-0.39, 0.29) is 0 Å². The molecule has 0 saturated heterocycles. The molecular formula is C7H4N2O2. The SMILES string of the molecule is O=c1nc2cnccc2co1. The van der Waals surface area contributed by atoms with E-state index >= 15 is 0 Å². The predicted octanol–water partition coefficient (Wildman–Crippen LogP) is 0.583. The van der Waals surface area contributed by atoms with Crippen molar-refractivity contribution < 1.29 is 4.42 Å². The summed E-state index contributed by atoms with van der Waals surface area (Å²) in [5.74, 6) is -0.592. The van der Waals surface area contributed by atoms with Crippen molar-refractivity contribution in [1.29, 1.82) is 0 Å². The lowest BCUT2D eigenvalue weighted by atomic mass is 10.3. The highest BCUT2D eigenvalue weighted by atomic mass is 16.4. The van der Waals surface area contributed by atoms with Crippen molar-refractivity contribution in [2.45, 2.75) is 0 Å². The van der Waals surface area contributed by atoms with E-state index in [0.29, 0.717) is 5.52 Å². The highest BCUT2D eigenvalue weighted by molar-refractivity contribution is 5.75. The number of hydrogen-bond donors (Lipinski definition) is 0. The second-order valence-electron chi connectivity index (χ2n) is 2.05. The van der Waals surface area contributed by atoms with Gasteiger partial charge in [0.1, 0.15) is 6.26 Å². The molecule has 4 heteroatoms. The molecule has 0 aliphatic heterocycles. The number of nitrogens with zero attached hydrogens (tertiary/aromatic N) is 2. The maximum Gasteiger partial charge on any atom is 0.439 e. The van der Waals surface area contributed by atoms with Crippen LogP contribution in [0.1, 0.15) is 0 Å². The molecule has 54 valence electrons. The Morgan fingerprint density at radius 1 is 1.45 bits per heavy atom. The summed E-state index contributed by atoms with van der Waals surface area (Å²) >= 11 is 0. The minimum absolute atomic E-state index is 0.559. The minimum Gasteiger partial charge on any atom is -0.416 e. The molecule has 0 aromatic carbocycles. The van der Waals surface area contributed by atoms with E-state index in [9.17, 15) is 4.79 Å². The molecule has 2 rings (SSSR count). The topological polar surface area (TPSA) is 56.0 Å². The van der Waals surface area contributed by atoms with Gasteiger partial charge >= 0.3 is 5.76 Å². The number of fused-ring (bicyclic) bond motifs is 1. The van der Waals surface area contributed by atoms with Crippen LogP contribution in [0.5, 0.6) is 0 Å². The summed E-state index contributed by atoms with van der Waals surface area (Å²) in [6.07, 6.45) is 4.50. The van der Waals surface area contributed by atoms with Gasteiger partial charge in [0.25, 0.3) is 0 Å². The summed E-state index contributed by atoms with van der Waals surface area (Å²) in [6, 6.07) is 1.73. The van der Waals surface area contributed by atoms with E-state index in [0.717, 1.165) is 5.39 Å². The van der Waals surface area contributed by atoms with Gasteiger partial charge in [0.2, 0.25) is 0 Å². The van der Waals surface area contributed by atoms with Crippen molar-refractivity contribution in [3.63, 3.8) is 0 Å². The fourth-order valence-corrected chi connectivity index (χ4v) is 0.829. The average molecular weight is 148 g/mol. The highest BCUT2D eigenvalue weighted by Gasteiger charge is 1.94. The van der Waals surface area contributed by atoms with Crippen LogP contribution in [0.15, 0.2) is 33.9 Å². The molecule has 2 heterocycles. The molecule has 11 heavy (non-hydrogen) atoms. The summed E-state index contributed by atoms with van der Waals surface area (Å²) in [5.41, 5.74) is 0.559. The van der Waals surface area contributed by atoms with E-state index in [4.69, 9.17) is 0 Å². The second kappa shape index (κ2) is 2.16. The Kier molecular flexibility index (Phi) is 1.18. The Bertz CT molecular complexity index is 435. The van der Waals surface area contributed by atoms with Gasteiger partial charge in [-0.25, -0.2) is 4.79 Å². The van der Waals surface area contributed by atoms with Crippen molar-refractivity contribution in [3.05, 3.63) is 35.3 Å². The Hall–Kier alpha value is -1.71. The van der Waals surface area contributed by atoms with Gasteiger partial charge < -0.3 is 4.42 Å². The zero-order valence-corrected chi connectivity index (χ0v) is 5.52. The van der Waals surface area contributed by atoms with Gasteiger partial charge in [0.15, 0.2) is 0 Å². The van der Waals surface area contributed by atoms with Crippen LogP contribution in [0.2, 0.25) is 0 Å². The summed E-state index contributed by atoms with van der Waals surface area (Å²) in [6.45, 7) is 0. The van der Waals surface area contributed by atoms with Gasteiger partial charge in [-0.3, -0.25) is 4.98 Å². The number of rotatable bonds is 0. The van der Waals surface area contributed by atoms with Crippen LogP contribution in [0, 0.1) is 0 Å². The van der Waals surface area contributed by atoms with E-state index in [1.807, 2.05) is 0 Å². The molecule has 0 amide bonds. The van der Waals surface area contributed by atoms with Crippen LogP contribution >= 0.6 is 0 Å². The van der Waals surface area contributed by atoms with E-state index in [2.05, 4.69) is 14.4 Å². The minimum atomic E-state index is -0.592. The molecule has 0 fully saturated rings. The molecule has 2 aromatic heterocycles. The molecule has 0 bridgehead atoms. The van der Waals surface area contributed by atoms with E-state index in [1.54, 1.807) is 12.3 Å². The Labute approximate surface area is 61.5 Å². The molecule has 2 aromatic rings. The average Bonchev–Trinajstić information content (AvgIpc) is 2.04. The molecule has 0 spiro atoms. The van der Waals surface area contributed by atoms with Gasteiger partial charge in [0, 0.05) is 11.6 Å². The first-order chi connectivity index (χ1) is 5.36. The van der Waals surface area contributed by atoms with Gasteiger partial charge in [-0.05, 0) is 6.07 Å². The molecule has 0 aliphatic rings. The number of aromatic nitrogens is 2. The standard InChI is InChI=1S/C7H4N2O2/c10-7-9-6-3-8-2-1-5(6)4-11-7/h1-4H. The quantitative estimate of drug-likeness (QED) is 0.548. The maximum atomic E-state index is 10.6. The van der Waals surface area contributed by atoms with Crippen LogP contribution in [0.25, 0.3) is 10.9 Å². The monoisotopic (exact) mass is 148 g/mol. The maximum absolute atomic E-state index is 10.6. The molecule has 0 saturated carbocycles. The third-order valence-electron chi connectivity index (χ3n) is 1.33. The Balaban J connectivity index is 2.94. The highest BCUT2D eigenvalue weighted by Crippen LogP contribution is 2.04. The smallest absolute Gasteiger partial charge is 0.416 e. The fourth-order valence-electron chi connectivity index (χ4n) is 0.829. The van der Waals surface area contributed by atoms with Crippen LogP contribution in [-0.4, -0.2) is 9.97 Å². The second-order valence-corrected chi connectivity index (χ2v) is 2.05. The lowest BCUT2D eigenvalue weighted by Crippen LogP contribution is -2.01. The number of hydrogen-bond acceptors (Lipinski definition) is 4. The molecule has 0 radical (unpaired) electrons. The first-order valence-electron chi connectivity index (χ1n) is 3.06. The van der Waals surface area contributed by atoms with Gasteiger partial charge in [0.05, 0.1) is 11.7 Å². The summed E-state index contributed by atoms with van der Waals surface area (Å²) in [4.78, 5) is 18.0. The van der Waals surface area contributed by atoms with Crippen LogP contribution in [0.4, 0.5) is 0 Å². The fraction of sp³-hybridized carbons (Fsp3) is 0. The molecule has 0 atom stereocenters. The van der Waals surface area contributed by atoms with Crippen LogP contribution in [0.3, 0.4) is 0 Å². The summed E-state index contributed by atoms with van der Waals surface area (Å²) in [7, 11) is 0. The first kappa shape index (κ1) is 6.03. The molecule has 4 nitrogen and oxygen atoms in total. The molecule has 0 N–H and O–H groups in total. The zero-order valence-electron chi connectivity index (χ0n) is 5.52. The van der Waals surface area contributed by atoms with Crippen LogP contribution in [-0.2, 0) is 0 Å². The van der Waals surface area contributed by atoms with Crippen molar-refractivity contribution >= 4 is 10.9 Å². The van der Waals surface area contributed by atoms with Crippen molar-refractivity contribution in [2.24, 2.45) is 0 Å². The lowest BCUT2D eigenvalue weighted by Gasteiger charge is -1.89. The van der Waals surface area contributed by atoms with E-state index in [1.165, 1.54) is 12.5 Å². The summed E-state index contributed by atoms with van der Waals surface area (Å²) in [5, 5.41) is 0.777. The predicted molar refractivity (Wildman–Crippen MR) is 38.1 cm³/mol. The molecule has 0 unspecified atom stereocenters. The molecule has 0 aliphatic carbocycles. The van der Waals surface area contributed by atoms with Crippen molar-refractivity contribution in [3.8, 4) is 0 Å². The normalized spacial score (nSPS) is 10.2. The third-order valence-corrected chi connectivity index (χ3v) is 1.33. The zero-order chi connectivity index (χ0) is 7.68. The van der Waals surface area contributed by atoms with Gasteiger partial charge in [-0.1, -0.05) is 0 Å². The number of pyridine rings is 1. The lowest BCUT2D eigenvalue weighted by molar-refractivity contribution is 0.493. The Morgan fingerprint density at radius 2 is 2.36 bits per heavy atom. The van der Waals surface area contributed by atoms with Crippen LogP contribution < -0.4 is 5.76 Å². The van der Waals surface area contributed by atoms with Gasteiger partial charge in [-0.2, -0.15) is 4.98 Å². The first-order valence-corrected chi connectivity index (χ1v) is 3.06. The molecular weight excluding hydrogens is 144 g/mol. The van der Waals surface area contributed by atoms with Crippen molar-refractivity contribution in [1.82, 2.24) is 9.97 Å². The van der Waals surface area contributed by atoms with E-state index < -0.39 is 5.76 Å².